The van der Waals surface area contributed by atoms with Gasteiger partial charge in [0.05, 0.1) is 0 Å². The standard InChI is InChI=1S/C18H31BrN2/c1-5-6-7-12-21(15(2)3)13-11-18(20-4)16-9-8-10-17(19)14-16/h8-10,14-15,18,20H,5-7,11-13H2,1-4H3. The first-order chi connectivity index (χ1) is 10.1. The van der Waals surface area contributed by atoms with Crippen molar-refractivity contribution in [2.24, 2.45) is 0 Å². The molecule has 3 heteroatoms. The van der Waals surface area contributed by atoms with Crippen molar-refractivity contribution in [1.29, 1.82) is 0 Å². The summed E-state index contributed by atoms with van der Waals surface area (Å²) in [6.07, 6.45) is 5.10. The normalized spacial score (nSPS) is 13.1. The first-order valence-corrected chi connectivity index (χ1v) is 9.04. The van der Waals surface area contributed by atoms with Crippen molar-refractivity contribution >= 4 is 15.9 Å². The van der Waals surface area contributed by atoms with Gasteiger partial charge in [0, 0.05) is 23.1 Å². The summed E-state index contributed by atoms with van der Waals surface area (Å²) >= 11 is 3.57. The number of rotatable bonds is 10. The maximum absolute atomic E-state index is 3.57. The minimum atomic E-state index is 0.426. The highest BCUT2D eigenvalue weighted by Crippen LogP contribution is 2.21. The molecule has 1 aromatic carbocycles. The van der Waals surface area contributed by atoms with Crippen LogP contribution in [0, 0.1) is 0 Å². The zero-order chi connectivity index (χ0) is 15.7. The van der Waals surface area contributed by atoms with Gasteiger partial charge in [-0.05, 0) is 58.0 Å². The molecule has 0 saturated heterocycles. The average Bonchev–Trinajstić information content (AvgIpc) is 2.46. The van der Waals surface area contributed by atoms with Crippen molar-refractivity contribution in [2.45, 2.75) is 58.5 Å². The van der Waals surface area contributed by atoms with Gasteiger partial charge in [0.2, 0.25) is 0 Å². The van der Waals surface area contributed by atoms with E-state index in [-0.39, 0.29) is 0 Å². The average molecular weight is 355 g/mol. The summed E-state index contributed by atoms with van der Waals surface area (Å²) in [5.41, 5.74) is 1.36. The van der Waals surface area contributed by atoms with E-state index in [1.807, 2.05) is 0 Å². The van der Waals surface area contributed by atoms with Gasteiger partial charge < -0.3 is 10.2 Å². The lowest BCUT2D eigenvalue weighted by atomic mass is 10.0. The molecule has 0 aromatic heterocycles. The second-order valence-electron chi connectivity index (χ2n) is 6.02. The third-order valence-corrected chi connectivity index (χ3v) is 4.58. The summed E-state index contributed by atoms with van der Waals surface area (Å²) in [4.78, 5) is 2.61. The fraction of sp³-hybridized carbons (Fsp3) is 0.667. The number of hydrogen-bond acceptors (Lipinski definition) is 2. The second-order valence-corrected chi connectivity index (χ2v) is 6.94. The topological polar surface area (TPSA) is 15.3 Å². The Bertz CT molecular complexity index is 393. The van der Waals surface area contributed by atoms with Gasteiger partial charge in [-0.1, -0.05) is 47.8 Å². The highest BCUT2D eigenvalue weighted by Gasteiger charge is 2.14. The van der Waals surface area contributed by atoms with Crippen LogP contribution in [0.3, 0.4) is 0 Å². The zero-order valence-electron chi connectivity index (χ0n) is 14.0. The molecule has 0 saturated carbocycles. The minimum absolute atomic E-state index is 0.426. The Kier molecular flexibility index (Phi) is 9.21. The lowest BCUT2D eigenvalue weighted by Crippen LogP contribution is -2.34. The lowest BCUT2D eigenvalue weighted by Gasteiger charge is -2.28. The molecule has 1 unspecified atom stereocenters. The van der Waals surface area contributed by atoms with Crippen molar-refractivity contribution in [3.63, 3.8) is 0 Å². The molecule has 21 heavy (non-hydrogen) atoms. The van der Waals surface area contributed by atoms with Crippen molar-refractivity contribution in [1.82, 2.24) is 10.2 Å². The molecule has 0 bridgehead atoms. The minimum Gasteiger partial charge on any atom is -0.313 e. The predicted molar refractivity (Wildman–Crippen MR) is 96.8 cm³/mol. The van der Waals surface area contributed by atoms with Crippen LogP contribution >= 0.6 is 15.9 Å². The highest BCUT2D eigenvalue weighted by atomic mass is 79.9. The van der Waals surface area contributed by atoms with Crippen LogP contribution in [0.1, 0.15) is 58.1 Å². The molecule has 1 atom stereocenters. The van der Waals surface area contributed by atoms with Gasteiger partial charge in [0.1, 0.15) is 0 Å². The van der Waals surface area contributed by atoms with Crippen LogP contribution in [0.15, 0.2) is 28.7 Å². The number of benzene rings is 1. The van der Waals surface area contributed by atoms with Crippen LogP contribution in [-0.2, 0) is 0 Å². The van der Waals surface area contributed by atoms with E-state index in [0.29, 0.717) is 12.1 Å². The highest BCUT2D eigenvalue weighted by molar-refractivity contribution is 9.10. The first kappa shape index (κ1) is 18.7. The van der Waals surface area contributed by atoms with Crippen molar-refractivity contribution < 1.29 is 0 Å². The molecule has 1 N–H and O–H groups in total. The van der Waals surface area contributed by atoms with E-state index in [1.54, 1.807) is 0 Å². The molecule has 0 aliphatic heterocycles. The van der Waals surface area contributed by atoms with Crippen molar-refractivity contribution in [3.05, 3.63) is 34.3 Å². The van der Waals surface area contributed by atoms with Crippen LogP contribution in [0.5, 0.6) is 0 Å². The lowest BCUT2D eigenvalue weighted by molar-refractivity contribution is 0.206. The van der Waals surface area contributed by atoms with Crippen LogP contribution in [0.4, 0.5) is 0 Å². The Morgan fingerprint density at radius 1 is 1.19 bits per heavy atom. The summed E-state index contributed by atoms with van der Waals surface area (Å²) in [6.45, 7) is 9.25. The Morgan fingerprint density at radius 2 is 1.95 bits per heavy atom. The van der Waals surface area contributed by atoms with E-state index in [2.05, 4.69) is 78.2 Å². The van der Waals surface area contributed by atoms with Crippen LogP contribution in [-0.4, -0.2) is 31.1 Å². The van der Waals surface area contributed by atoms with Gasteiger partial charge in [-0.25, -0.2) is 0 Å². The first-order valence-electron chi connectivity index (χ1n) is 8.25. The molecule has 0 radical (unpaired) electrons. The number of nitrogens with zero attached hydrogens (tertiary/aromatic N) is 1. The van der Waals surface area contributed by atoms with Gasteiger partial charge in [-0.15, -0.1) is 0 Å². The largest absolute Gasteiger partial charge is 0.313 e. The van der Waals surface area contributed by atoms with Crippen LogP contribution in [0.2, 0.25) is 0 Å². The summed E-state index contributed by atoms with van der Waals surface area (Å²) in [5.74, 6) is 0. The quantitative estimate of drug-likeness (QED) is 0.594. The molecule has 0 aliphatic carbocycles. The molecule has 0 heterocycles. The molecule has 120 valence electrons. The molecule has 1 aromatic rings. The smallest absolute Gasteiger partial charge is 0.0330 e. The molecular formula is C18H31BrN2. The molecule has 0 spiro atoms. The maximum Gasteiger partial charge on any atom is 0.0330 e. The summed E-state index contributed by atoms with van der Waals surface area (Å²) < 4.78 is 1.16. The van der Waals surface area contributed by atoms with Gasteiger partial charge >= 0.3 is 0 Å². The van der Waals surface area contributed by atoms with E-state index >= 15 is 0 Å². The van der Waals surface area contributed by atoms with E-state index in [9.17, 15) is 0 Å². The molecular weight excluding hydrogens is 324 g/mol. The van der Waals surface area contributed by atoms with E-state index in [1.165, 1.54) is 31.4 Å². The fourth-order valence-electron chi connectivity index (χ4n) is 2.69. The van der Waals surface area contributed by atoms with E-state index in [4.69, 9.17) is 0 Å². The Balaban J connectivity index is 2.55. The van der Waals surface area contributed by atoms with Crippen LogP contribution in [0.25, 0.3) is 0 Å². The molecule has 0 fully saturated rings. The summed E-state index contributed by atoms with van der Waals surface area (Å²) in [5, 5.41) is 3.46. The predicted octanol–water partition coefficient (Wildman–Crippen LogP) is 5.00. The van der Waals surface area contributed by atoms with Crippen molar-refractivity contribution in [2.75, 3.05) is 20.1 Å². The zero-order valence-corrected chi connectivity index (χ0v) is 15.6. The summed E-state index contributed by atoms with van der Waals surface area (Å²) in [6, 6.07) is 9.68. The fourth-order valence-corrected chi connectivity index (χ4v) is 3.11. The Labute approximate surface area is 139 Å². The van der Waals surface area contributed by atoms with Gasteiger partial charge in [0.15, 0.2) is 0 Å². The van der Waals surface area contributed by atoms with Gasteiger partial charge in [-0.2, -0.15) is 0 Å². The van der Waals surface area contributed by atoms with E-state index in [0.717, 1.165) is 17.4 Å². The Hall–Kier alpha value is -0.380. The number of nitrogens with one attached hydrogen (secondary N) is 1. The monoisotopic (exact) mass is 354 g/mol. The maximum atomic E-state index is 3.57. The number of hydrogen-bond donors (Lipinski definition) is 1. The van der Waals surface area contributed by atoms with Gasteiger partial charge in [0.25, 0.3) is 0 Å². The summed E-state index contributed by atoms with van der Waals surface area (Å²) in [7, 11) is 2.06. The second kappa shape index (κ2) is 10.4. The van der Waals surface area contributed by atoms with Crippen molar-refractivity contribution in [3.8, 4) is 0 Å². The third kappa shape index (κ3) is 6.94. The Morgan fingerprint density at radius 3 is 2.52 bits per heavy atom. The van der Waals surface area contributed by atoms with Gasteiger partial charge in [-0.3, -0.25) is 0 Å². The van der Waals surface area contributed by atoms with E-state index < -0.39 is 0 Å². The SMILES string of the molecule is CCCCCN(CCC(NC)c1cccc(Br)c1)C(C)C. The number of unbranched alkanes of at least 4 members (excludes halogenated alkanes) is 2. The molecule has 0 amide bonds. The third-order valence-electron chi connectivity index (χ3n) is 4.08. The molecule has 1 rings (SSSR count). The molecule has 0 aliphatic rings. The molecule has 2 nitrogen and oxygen atoms in total. The number of halogens is 1. The van der Waals surface area contributed by atoms with Crippen LogP contribution < -0.4 is 5.32 Å².